The molecule has 1 saturated carbocycles. The summed E-state index contributed by atoms with van der Waals surface area (Å²) in [7, 11) is 0. The van der Waals surface area contributed by atoms with Crippen LogP contribution in [0.1, 0.15) is 32.6 Å². The quantitative estimate of drug-likeness (QED) is 0.695. The van der Waals surface area contributed by atoms with Crippen molar-refractivity contribution in [3.8, 4) is 0 Å². The van der Waals surface area contributed by atoms with Crippen LogP contribution < -0.4 is 11.1 Å². The van der Waals surface area contributed by atoms with Gasteiger partial charge in [0.05, 0.1) is 5.25 Å². The first-order valence-electron chi connectivity index (χ1n) is 5.80. The zero-order valence-corrected chi connectivity index (χ0v) is 10.6. The van der Waals surface area contributed by atoms with Crippen molar-refractivity contribution < 1.29 is 4.79 Å². The van der Waals surface area contributed by atoms with Gasteiger partial charge in [-0.05, 0) is 19.8 Å². The topological polar surface area (TPSA) is 96.7 Å². The van der Waals surface area contributed by atoms with Crippen molar-refractivity contribution in [1.29, 1.82) is 0 Å². The number of hydrogen-bond donors (Lipinski definition) is 3. The first-order chi connectivity index (χ1) is 8.15. The highest BCUT2D eigenvalue weighted by atomic mass is 32.2. The number of nitrogens with zero attached hydrogens (tertiary/aromatic N) is 2. The number of nitrogens with one attached hydrogen (secondary N) is 2. The van der Waals surface area contributed by atoms with Gasteiger partial charge in [-0.15, -0.1) is 5.10 Å². The van der Waals surface area contributed by atoms with Crippen LogP contribution >= 0.6 is 11.8 Å². The van der Waals surface area contributed by atoms with Crippen molar-refractivity contribution in [3.05, 3.63) is 0 Å². The van der Waals surface area contributed by atoms with Gasteiger partial charge in [0.25, 0.3) is 0 Å². The molecule has 6 nitrogen and oxygen atoms in total. The Kier molecular flexibility index (Phi) is 3.88. The van der Waals surface area contributed by atoms with Gasteiger partial charge >= 0.3 is 0 Å². The molecule has 94 valence electrons. The molecule has 0 aromatic carbocycles. The van der Waals surface area contributed by atoms with E-state index < -0.39 is 0 Å². The average Bonchev–Trinajstić information content (AvgIpc) is 2.90. The van der Waals surface area contributed by atoms with Gasteiger partial charge in [-0.3, -0.25) is 4.79 Å². The van der Waals surface area contributed by atoms with Gasteiger partial charge in [0.2, 0.25) is 17.0 Å². The van der Waals surface area contributed by atoms with Gasteiger partial charge < -0.3 is 11.1 Å². The Bertz CT molecular complexity index is 388. The Hall–Kier alpha value is -1.24. The zero-order valence-electron chi connectivity index (χ0n) is 9.77. The zero-order chi connectivity index (χ0) is 12.3. The molecule has 1 atom stereocenters. The van der Waals surface area contributed by atoms with Crippen LogP contribution in [0, 0.1) is 0 Å². The van der Waals surface area contributed by atoms with Gasteiger partial charge in [0.15, 0.2) is 0 Å². The van der Waals surface area contributed by atoms with Crippen molar-refractivity contribution in [1.82, 2.24) is 20.5 Å². The summed E-state index contributed by atoms with van der Waals surface area (Å²) >= 11 is 1.31. The normalized spacial score (nSPS) is 18.2. The van der Waals surface area contributed by atoms with Crippen LogP contribution in [0.15, 0.2) is 5.16 Å². The van der Waals surface area contributed by atoms with Crippen LogP contribution in [-0.4, -0.2) is 32.4 Å². The summed E-state index contributed by atoms with van der Waals surface area (Å²) in [5.41, 5.74) is 5.42. The molecule has 1 fully saturated rings. The number of H-pyrrole nitrogens is 1. The minimum atomic E-state index is -0.203. The summed E-state index contributed by atoms with van der Waals surface area (Å²) in [6.07, 6.45) is 4.61. The standard InChI is InChI=1S/C10H17N5OS/c1-6(17-10-13-9(11)14-15-10)8(16)12-7-4-2-3-5-7/h6-7H,2-5H2,1H3,(H,12,16)(H3,11,13,14,15). The number of carbonyl (C=O) groups excluding carboxylic acids is 1. The van der Waals surface area contributed by atoms with E-state index in [-0.39, 0.29) is 17.1 Å². The van der Waals surface area contributed by atoms with E-state index in [4.69, 9.17) is 5.73 Å². The van der Waals surface area contributed by atoms with E-state index in [9.17, 15) is 4.79 Å². The Morgan fingerprint density at radius 1 is 1.59 bits per heavy atom. The van der Waals surface area contributed by atoms with Crippen molar-refractivity contribution in [2.45, 2.75) is 49.1 Å². The van der Waals surface area contributed by atoms with Gasteiger partial charge in [-0.1, -0.05) is 24.6 Å². The number of thioether (sulfide) groups is 1. The van der Waals surface area contributed by atoms with E-state index in [1.807, 2.05) is 6.92 Å². The lowest BCUT2D eigenvalue weighted by molar-refractivity contribution is -0.120. The monoisotopic (exact) mass is 255 g/mol. The lowest BCUT2D eigenvalue weighted by Crippen LogP contribution is -2.37. The van der Waals surface area contributed by atoms with Crippen LogP contribution in [0.25, 0.3) is 0 Å². The van der Waals surface area contributed by atoms with Crippen LogP contribution in [-0.2, 0) is 4.79 Å². The number of anilines is 1. The molecule has 0 radical (unpaired) electrons. The minimum absolute atomic E-state index is 0.0465. The number of carbonyl (C=O) groups is 1. The fourth-order valence-corrected chi connectivity index (χ4v) is 2.65. The maximum Gasteiger partial charge on any atom is 0.233 e. The van der Waals surface area contributed by atoms with Crippen LogP contribution in [0.3, 0.4) is 0 Å². The Balaban J connectivity index is 1.82. The van der Waals surface area contributed by atoms with Crippen LogP contribution in [0.5, 0.6) is 0 Å². The van der Waals surface area contributed by atoms with Crippen LogP contribution in [0.2, 0.25) is 0 Å². The molecule has 7 heteroatoms. The second kappa shape index (κ2) is 5.39. The predicted molar refractivity (Wildman–Crippen MR) is 66.5 cm³/mol. The summed E-state index contributed by atoms with van der Waals surface area (Å²) in [6.45, 7) is 1.85. The lowest BCUT2D eigenvalue weighted by atomic mass is 10.2. The number of hydrogen-bond acceptors (Lipinski definition) is 5. The minimum Gasteiger partial charge on any atom is -0.368 e. The molecular weight excluding hydrogens is 238 g/mol. The molecule has 1 heterocycles. The van der Waals surface area contributed by atoms with Crippen molar-refractivity contribution in [2.75, 3.05) is 5.73 Å². The van der Waals surface area contributed by atoms with Crippen LogP contribution in [0.4, 0.5) is 5.95 Å². The van der Waals surface area contributed by atoms with E-state index in [0.717, 1.165) is 12.8 Å². The molecule has 4 N–H and O–H groups in total. The molecule has 0 aliphatic heterocycles. The average molecular weight is 255 g/mol. The first kappa shape index (κ1) is 12.2. The number of rotatable bonds is 4. The molecule has 1 unspecified atom stereocenters. The Morgan fingerprint density at radius 3 is 2.88 bits per heavy atom. The number of aromatic nitrogens is 3. The Morgan fingerprint density at radius 2 is 2.29 bits per heavy atom. The maximum atomic E-state index is 11.9. The highest BCUT2D eigenvalue weighted by Crippen LogP contribution is 2.22. The predicted octanol–water partition coefficient (Wildman–Crippen LogP) is 0.926. The number of nitrogen functional groups attached to an aromatic ring is 1. The van der Waals surface area contributed by atoms with E-state index in [1.54, 1.807) is 0 Å². The third-order valence-electron chi connectivity index (χ3n) is 2.84. The maximum absolute atomic E-state index is 11.9. The molecule has 0 bridgehead atoms. The van der Waals surface area contributed by atoms with Crippen molar-refractivity contribution in [3.63, 3.8) is 0 Å². The summed E-state index contributed by atoms with van der Waals surface area (Å²) in [5, 5.41) is 9.80. The number of amides is 1. The third-order valence-corrected chi connectivity index (χ3v) is 3.80. The van der Waals surface area contributed by atoms with Crippen molar-refractivity contribution in [2.24, 2.45) is 0 Å². The fraction of sp³-hybridized carbons (Fsp3) is 0.700. The number of nitrogens with two attached hydrogens (primary N) is 1. The molecule has 0 saturated heterocycles. The molecule has 2 rings (SSSR count). The van der Waals surface area contributed by atoms with E-state index in [0.29, 0.717) is 11.2 Å². The van der Waals surface area contributed by atoms with E-state index in [2.05, 4.69) is 20.5 Å². The third kappa shape index (κ3) is 3.36. The molecule has 1 aromatic heterocycles. The molecule has 1 amide bonds. The first-order valence-corrected chi connectivity index (χ1v) is 6.68. The van der Waals surface area contributed by atoms with E-state index >= 15 is 0 Å². The Labute approximate surface area is 104 Å². The van der Waals surface area contributed by atoms with Gasteiger partial charge in [-0.25, -0.2) is 5.10 Å². The van der Waals surface area contributed by atoms with Gasteiger partial charge in [0, 0.05) is 6.04 Å². The van der Waals surface area contributed by atoms with Crippen molar-refractivity contribution >= 4 is 23.6 Å². The smallest absolute Gasteiger partial charge is 0.233 e. The lowest BCUT2D eigenvalue weighted by Gasteiger charge is -2.15. The van der Waals surface area contributed by atoms with E-state index in [1.165, 1.54) is 24.6 Å². The summed E-state index contributed by atoms with van der Waals surface area (Å²) in [5.74, 6) is 0.321. The number of aromatic amines is 1. The molecular formula is C10H17N5OS. The second-order valence-corrected chi connectivity index (χ2v) is 5.56. The molecule has 1 aromatic rings. The summed E-state index contributed by atoms with van der Waals surface area (Å²) in [4.78, 5) is 15.8. The summed E-state index contributed by atoms with van der Waals surface area (Å²) < 4.78 is 0. The second-order valence-electron chi connectivity index (χ2n) is 4.25. The highest BCUT2D eigenvalue weighted by Gasteiger charge is 2.22. The highest BCUT2D eigenvalue weighted by molar-refractivity contribution is 8.00. The molecule has 0 spiro atoms. The fourth-order valence-electron chi connectivity index (χ4n) is 1.91. The molecule has 17 heavy (non-hydrogen) atoms. The van der Waals surface area contributed by atoms with Gasteiger partial charge in [-0.2, -0.15) is 4.98 Å². The van der Waals surface area contributed by atoms with Gasteiger partial charge in [0.1, 0.15) is 0 Å². The largest absolute Gasteiger partial charge is 0.368 e. The SMILES string of the molecule is CC(Sc1n[nH]c(N)n1)C(=O)NC1CCCC1. The summed E-state index contributed by atoms with van der Waals surface area (Å²) in [6, 6.07) is 0.350. The molecule has 1 aliphatic rings. The molecule has 1 aliphatic carbocycles.